The van der Waals surface area contributed by atoms with Gasteiger partial charge in [0, 0.05) is 11.3 Å². The molecule has 6 rings (SSSR count). The second-order valence-electron chi connectivity index (χ2n) is 9.69. The third kappa shape index (κ3) is 5.50. The van der Waals surface area contributed by atoms with Crippen LogP contribution in [0.15, 0.2) is 88.8 Å². The number of Topliss-reactive ketones (excluding diaryl/α,β-unsaturated/α-hetero) is 1. The van der Waals surface area contributed by atoms with Crippen LogP contribution in [0.25, 0.3) is 16.5 Å². The first kappa shape index (κ1) is 30.0. The third-order valence-corrected chi connectivity index (χ3v) is 10.0. The van der Waals surface area contributed by atoms with Gasteiger partial charge in [-0.05, 0) is 52.2 Å². The minimum absolute atomic E-state index is 0.138. The van der Waals surface area contributed by atoms with E-state index in [1.807, 2.05) is 18.2 Å². The first-order chi connectivity index (χ1) is 21.3. The second-order valence-corrected chi connectivity index (χ2v) is 12.7. The normalized spacial score (nSPS) is 16.1. The molecular weight excluding hydrogens is 641 g/mol. The molecule has 0 saturated carbocycles. The van der Waals surface area contributed by atoms with Gasteiger partial charge >= 0.3 is 5.91 Å². The van der Waals surface area contributed by atoms with Gasteiger partial charge < -0.3 is 14.6 Å². The van der Waals surface area contributed by atoms with E-state index in [0.717, 1.165) is 16.3 Å². The summed E-state index contributed by atoms with van der Waals surface area (Å²) in [7, 11) is 2.95. The topological polar surface area (TPSA) is 102 Å². The van der Waals surface area contributed by atoms with Gasteiger partial charge in [0.2, 0.25) is 5.13 Å². The Morgan fingerprint density at radius 3 is 2.48 bits per heavy atom. The molecule has 1 N–H and O–H groups in total. The summed E-state index contributed by atoms with van der Waals surface area (Å²) in [6.07, 6.45) is 0. The summed E-state index contributed by atoms with van der Waals surface area (Å²) >= 11 is 15.2. The standard InChI is InChI=1S/C32H23Cl2N3O5S2/c1-41-24-13-11-19(15-25(24)42-2)28(38)26-27(18-10-12-22(33)23(34)14-18)37(30(40)29(26)39)31-35-36-32(44-31)43-16-20-8-5-7-17-6-3-4-9-21(17)20/h3-15,27,38H,16H2,1-2H3/t27-/m0/s1. The molecule has 8 nitrogen and oxygen atoms in total. The molecule has 4 aromatic carbocycles. The number of hydrogen-bond acceptors (Lipinski definition) is 9. The molecule has 1 fully saturated rings. The van der Waals surface area contributed by atoms with Crippen molar-refractivity contribution < 1.29 is 24.2 Å². The molecule has 0 unspecified atom stereocenters. The van der Waals surface area contributed by atoms with E-state index in [-0.39, 0.29) is 21.3 Å². The van der Waals surface area contributed by atoms with Gasteiger partial charge in [-0.2, -0.15) is 0 Å². The summed E-state index contributed by atoms with van der Waals surface area (Å²) in [6.45, 7) is 0. The molecule has 2 heterocycles. The average molecular weight is 665 g/mol. The van der Waals surface area contributed by atoms with Gasteiger partial charge in [0.15, 0.2) is 15.8 Å². The lowest BCUT2D eigenvalue weighted by atomic mass is 9.95. The number of aliphatic hydroxyl groups is 1. The monoisotopic (exact) mass is 663 g/mol. The van der Waals surface area contributed by atoms with E-state index in [1.165, 1.54) is 48.3 Å². The second kappa shape index (κ2) is 12.5. The van der Waals surface area contributed by atoms with Crippen molar-refractivity contribution in [2.75, 3.05) is 19.1 Å². The number of methoxy groups -OCH3 is 2. The minimum atomic E-state index is -1.05. The van der Waals surface area contributed by atoms with E-state index >= 15 is 0 Å². The Morgan fingerprint density at radius 1 is 0.932 bits per heavy atom. The number of anilines is 1. The summed E-state index contributed by atoms with van der Waals surface area (Å²) in [6, 6.07) is 22.7. The number of ketones is 1. The number of carbonyl (C=O) groups excluding carboxylic acids is 2. The summed E-state index contributed by atoms with van der Waals surface area (Å²) in [5, 5.41) is 23.1. The van der Waals surface area contributed by atoms with Crippen LogP contribution in [0.5, 0.6) is 11.5 Å². The van der Waals surface area contributed by atoms with Crippen molar-refractivity contribution in [1.82, 2.24) is 10.2 Å². The zero-order valence-corrected chi connectivity index (χ0v) is 26.4. The number of ether oxygens (including phenoxy) is 2. The van der Waals surface area contributed by atoms with Gasteiger partial charge in [0.25, 0.3) is 5.78 Å². The van der Waals surface area contributed by atoms with E-state index in [9.17, 15) is 14.7 Å². The fourth-order valence-corrected chi connectivity index (χ4v) is 7.26. The van der Waals surface area contributed by atoms with Gasteiger partial charge in [-0.3, -0.25) is 14.5 Å². The number of carbonyl (C=O) groups is 2. The van der Waals surface area contributed by atoms with Gasteiger partial charge in [-0.1, -0.05) is 94.8 Å². The van der Waals surface area contributed by atoms with Crippen molar-refractivity contribution in [1.29, 1.82) is 0 Å². The van der Waals surface area contributed by atoms with Crippen LogP contribution in [-0.2, 0) is 15.3 Å². The van der Waals surface area contributed by atoms with Crippen LogP contribution < -0.4 is 14.4 Å². The molecule has 1 saturated heterocycles. The lowest BCUT2D eigenvalue weighted by Crippen LogP contribution is -2.29. The fourth-order valence-electron chi connectivity index (χ4n) is 5.08. The van der Waals surface area contributed by atoms with Crippen molar-refractivity contribution in [2.24, 2.45) is 0 Å². The van der Waals surface area contributed by atoms with Crippen molar-refractivity contribution >= 4 is 79.7 Å². The van der Waals surface area contributed by atoms with Crippen molar-refractivity contribution in [2.45, 2.75) is 16.1 Å². The molecule has 222 valence electrons. The Labute approximate surface area is 270 Å². The minimum Gasteiger partial charge on any atom is -0.507 e. The fraction of sp³-hybridized carbons (Fsp3) is 0.125. The maximum Gasteiger partial charge on any atom is 0.301 e. The Bertz CT molecular complexity index is 1960. The molecule has 44 heavy (non-hydrogen) atoms. The van der Waals surface area contributed by atoms with Crippen LogP contribution in [0.1, 0.15) is 22.7 Å². The summed E-state index contributed by atoms with van der Waals surface area (Å²) in [5.74, 6) is -0.720. The highest BCUT2D eigenvalue weighted by molar-refractivity contribution is 8.00. The number of hydrogen-bond donors (Lipinski definition) is 1. The van der Waals surface area contributed by atoms with Gasteiger partial charge in [0.1, 0.15) is 5.76 Å². The number of aliphatic hydroxyl groups excluding tert-OH is 1. The van der Waals surface area contributed by atoms with E-state index in [0.29, 0.717) is 32.2 Å². The largest absolute Gasteiger partial charge is 0.507 e. The molecule has 0 radical (unpaired) electrons. The number of rotatable bonds is 8. The van der Waals surface area contributed by atoms with Crippen molar-refractivity contribution in [3.8, 4) is 11.5 Å². The van der Waals surface area contributed by atoms with Crippen molar-refractivity contribution in [3.63, 3.8) is 0 Å². The Morgan fingerprint density at radius 2 is 1.70 bits per heavy atom. The van der Waals surface area contributed by atoms with Crippen LogP contribution >= 0.6 is 46.3 Å². The van der Waals surface area contributed by atoms with Crippen LogP contribution in [0.4, 0.5) is 5.13 Å². The SMILES string of the molecule is COc1ccc(C(O)=C2C(=O)C(=O)N(c3nnc(SCc4cccc5ccccc45)s3)[C@H]2c2ccc(Cl)c(Cl)c2)cc1OC. The summed E-state index contributed by atoms with van der Waals surface area (Å²) < 4.78 is 11.3. The van der Waals surface area contributed by atoms with E-state index in [1.54, 1.807) is 30.3 Å². The highest BCUT2D eigenvalue weighted by Gasteiger charge is 2.48. The number of aromatic nitrogens is 2. The zero-order valence-electron chi connectivity index (χ0n) is 23.3. The lowest BCUT2D eigenvalue weighted by Gasteiger charge is -2.23. The van der Waals surface area contributed by atoms with Gasteiger partial charge in [-0.15, -0.1) is 10.2 Å². The molecule has 1 amide bonds. The maximum atomic E-state index is 13.6. The Kier molecular flexibility index (Phi) is 8.50. The molecule has 0 spiro atoms. The molecule has 5 aromatic rings. The average Bonchev–Trinajstić information content (AvgIpc) is 3.62. The highest BCUT2D eigenvalue weighted by Crippen LogP contribution is 2.45. The van der Waals surface area contributed by atoms with Crippen LogP contribution in [0, 0.1) is 0 Å². The van der Waals surface area contributed by atoms with Crippen LogP contribution in [-0.4, -0.2) is 41.2 Å². The molecule has 0 aliphatic carbocycles. The molecule has 1 aromatic heterocycles. The predicted octanol–water partition coefficient (Wildman–Crippen LogP) is 7.93. The molecule has 12 heteroatoms. The number of nitrogens with zero attached hydrogens (tertiary/aromatic N) is 3. The molecule has 1 aliphatic heterocycles. The summed E-state index contributed by atoms with van der Waals surface area (Å²) in [5.41, 5.74) is 1.71. The van der Waals surface area contributed by atoms with Crippen molar-refractivity contribution in [3.05, 3.63) is 111 Å². The number of thioether (sulfide) groups is 1. The number of halogens is 2. The van der Waals surface area contributed by atoms with E-state index < -0.39 is 23.5 Å². The lowest BCUT2D eigenvalue weighted by molar-refractivity contribution is -0.132. The van der Waals surface area contributed by atoms with Crippen LogP contribution in [0.2, 0.25) is 10.0 Å². The van der Waals surface area contributed by atoms with Gasteiger partial charge in [-0.25, -0.2) is 0 Å². The quantitative estimate of drug-likeness (QED) is 0.0587. The first-order valence-electron chi connectivity index (χ1n) is 13.2. The van der Waals surface area contributed by atoms with Crippen LogP contribution in [0.3, 0.4) is 0 Å². The molecule has 1 atom stereocenters. The smallest absolute Gasteiger partial charge is 0.301 e. The maximum absolute atomic E-state index is 13.6. The highest BCUT2D eigenvalue weighted by atomic mass is 35.5. The Hall–Kier alpha value is -4.09. The molecular formula is C32H23Cl2N3O5S2. The molecule has 1 aliphatic rings. The Balaban J connectivity index is 1.40. The molecule has 0 bridgehead atoms. The first-order valence-corrected chi connectivity index (χ1v) is 15.8. The predicted molar refractivity (Wildman–Crippen MR) is 174 cm³/mol. The zero-order chi connectivity index (χ0) is 31.0. The van der Waals surface area contributed by atoms with E-state index in [4.69, 9.17) is 32.7 Å². The number of amides is 1. The van der Waals surface area contributed by atoms with E-state index in [2.05, 4.69) is 34.5 Å². The third-order valence-electron chi connectivity index (χ3n) is 7.19. The number of benzene rings is 4. The van der Waals surface area contributed by atoms with Gasteiger partial charge in [0.05, 0.1) is 35.9 Å². The summed E-state index contributed by atoms with van der Waals surface area (Å²) in [4.78, 5) is 28.4. The number of fused-ring (bicyclic) bond motifs is 1.